The highest BCUT2D eigenvalue weighted by Crippen LogP contribution is 2.17. The molecule has 1 saturated carbocycles. The van der Waals surface area contributed by atoms with Gasteiger partial charge in [0.1, 0.15) is 12.3 Å². The van der Waals surface area contributed by atoms with Crippen LogP contribution in [0.4, 0.5) is 5.69 Å². The number of ether oxygens (including phenoxy) is 1. The zero-order valence-corrected chi connectivity index (χ0v) is 13.0. The number of carbonyl (C=O) groups is 1. The van der Waals surface area contributed by atoms with Crippen LogP contribution in [-0.2, 0) is 4.79 Å². The van der Waals surface area contributed by atoms with Gasteiger partial charge in [0.15, 0.2) is 5.96 Å². The molecule has 1 amide bonds. The third-order valence-electron chi connectivity index (χ3n) is 3.73. The van der Waals surface area contributed by atoms with Gasteiger partial charge in [0.05, 0.1) is 7.11 Å². The maximum Gasteiger partial charge on any atom is 0.242 e. The molecular formula is C16H24N4O2. The lowest BCUT2D eigenvalue weighted by molar-refractivity contribution is -0.120. The summed E-state index contributed by atoms with van der Waals surface area (Å²) >= 11 is 0. The molecule has 1 aliphatic rings. The summed E-state index contributed by atoms with van der Waals surface area (Å²) in [6.45, 7) is 0.0471. The SMILES string of the molecule is COc1ccc(NC(N)=NCC(=O)NC2CCCCC2)cc1. The molecule has 120 valence electrons. The Hall–Kier alpha value is -2.24. The van der Waals surface area contributed by atoms with Gasteiger partial charge in [-0.05, 0) is 37.1 Å². The van der Waals surface area contributed by atoms with E-state index >= 15 is 0 Å². The number of methoxy groups -OCH3 is 1. The third-order valence-corrected chi connectivity index (χ3v) is 3.73. The first-order valence-electron chi connectivity index (χ1n) is 7.68. The van der Waals surface area contributed by atoms with E-state index in [0.29, 0.717) is 6.04 Å². The Kier molecular flexibility index (Phi) is 6.06. The van der Waals surface area contributed by atoms with Gasteiger partial charge in [0.2, 0.25) is 5.91 Å². The zero-order valence-electron chi connectivity index (χ0n) is 13.0. The Bertz CT molecular complexity index is 507. The minimum Gasteiger partial charge on any atom is -0.497 e. The van der Waals surface area contributed by atoms with Crippen molar-refractivity contribution in [3.8, 4) is 5.75 Å². The molecule has 0 spiro atoms. The zero-order chi connectivity index (χ0) is 15.8. The van der Waals surface area contributed by atoms with E-state index < -0.39 is 0 Å². The first-order valence-corrected chi connectivity index (χ1v) is 7.68. The molecule has 0 radical (unpaired) electrons. The number of aliphatic imine (C=N–C) groups is 1. The first kappa shape index (κ1) is 16.1. The molecule has 1 aliphatic carbocycles. The molecule has 1 aromatic carbocycles. The summed E-state index contributed by atoms with van der Waals surface area (Å²) in [5.41, 5.74) is 6.59. The predicted octanol–water partition coefficient (Wildman–Crippen LogP) is 1.87. The molecule has 6 heteroatoms. The average Bonchev–Trinajstić information content (AvgIpc) is 2.55. The number of hydrogen-bond donors (Lipinski definition) is 3. The minimum absolute atomic E-state index is 0.0471. The Morgan fingerprint density at radius 2 is 1.95 bits per heavy atom. The van der Waals surface area contributed by atoms with Crippen molar-refractivity contribution in [2.75, 3.05) is 19.0 Å². The highest BCUT2D eigenvalue weighted by atomic mass is 16.5. The fraction of sp³-hybridized carbons (Fsp3) is 0.500. The van der Waals surface area contributed by atoms with Gasteiger partial charge in [-0.2, -0.15) is 0 Å². The summed E-state index contributed by atoms with van der Waals surface area (Å²) in [4.78, 5) is 15.9. The maximum atomic E-state index is 11.8. The van der Waals surface area contributed by atoms with E-state index in [1.165, 1.54) is 19.3 Å². The number of nitrogens with zero attached hydrogens (tertiary/aromatic N) is 1. The number of rotatable bonds is 5. The fourth-order valence-corrected chi connectivity index (χ4v) is 2.54. The molecule has 1 fully saturated rings. The van der Waals surface area contributed by atoms with Gasteiger partial charge in [0.25, 0.3) is 0 Å². The third kappa shape index (κ3) is 5.27. The molecule has 4 N–H and O–H groups in total. The Morgan fingerprint density at radius 1 is 1.27 bits per heavy atom. The van der Waals surface area contributed by atoms with Gasteiger partial charge in [0, 0.05) is 11.7 Å². The van der Waals surface area contributed by atoms with E-state index in [-0.39, 0.29) is 18.4 Å². The van der Waals surface area contributed by atoms with Crippen molar-refractivity contribution in [3.05, 3.63) is 24.3 Å². The summed E-state index contributed by atoms with van der Waals surface area (Å²) in [6.07, 6.45) is 5.78. The van der Waals surface area contributed by atoms with Crippen LogP contribution in [0.5, 0.6) is 5.75 Å². The van der Waals surface area contributed by atoms with Crippen molar-refractivity contribution < 1.29 is 9.53 Å². The minimum atomic E-state index is -0.0774. The van der Waals surface area contributed by atoms with Crippen LogP contribution in [0.2, 0.25) is 0 Å². The van der Waals surface area contributed by atoms with Gasteiger partial charge in [-0.1, -0.05) is 19.3 Å². The lowest BCUT2D eigenvalue weighted by Gasteiger charge is -2.22. The van der Waals surface area contributed by atoms with E-state index in [4.69, 9.17) is 10.5 Å². The summed E-state index contributed by atoms with van der Waals surface area (Å²) in [5, 5.41) is 5.95. The van der Waals surface area contributed by atoms with Gasteiger partial charge < -0.3 is 21.1 Å². The van der Waals surface area contributed by atoms with Crippen LogP contribution in [-0.4, -0.2) is 31.6 Å². The van der Waals surface area contributed by atoms with Gasteiger partial charge in [-0.25, -0.2) is 4.99 Å². The molecule has 0 aliphatic heterocycles. The van der Waals surface area contributed by atoms with Crippen molar-refractivity contribution >= 4 is 17.6 Å². The smallest absolute Gasteiger partial charge is 0.242 e. The largest absolute Gasteiger partial charge is 0.497 e. The molecule has 2 rings (SSSR count). The number of anilines is 1. The Morgan fingerprint density at radius 3 is 2.59 bits per heavy atom. The van der Waals surface area contributed by atoms with E-state index in [0.717, 1.165) is 24.3 Å². The van der Waals surface area contributed by atoms with E-state index in [1.807, 2.05) is 24.3 Å². The summed E-state index contributed by atoms with van der Waals surface area (Å²) < 4.78 is 5.08. The van der Waals surface area contributed by atoms with Crippen LogP contribution in [0.15, 0.2) is 29.3 Å². The molecule has 0 aromatic heterocycles. The van der Waals surface area contributed by atoms with E-state index in [1.54, 1.807) is 7.11 Å². The lowest BCUT2D eigenvalue weighted by Crippen LogP contribution is -2.38. The number of hydrogen-bond acceptors (Lipinski definition) is 3. The number of guanidine groups is 1. The second kappa shape index (κ2) is 8.26. The first-order chi connectivity index (χ1) is 10.7. The van der Waals surface area contributed by atoms with Crippen LogP contribution in [0, 0.1) is 0 Å². The normalized spacial score (nSPS) is 16.1. The molecule has 0 heterocycles. The molecule has 1 aromatic rings. The van der Waals surface area contributed by atoms with Crippen LogP contribution >= 0.6 is 0 Å². The molecule has 0 atom stereocenters. The van der Waals surface area contributed by atoms with Crippen molar-refractivity contribution in [3.63, 3.8) is 0 Å². The van der Waals surface area contributed by atoms with Crippen LogP contribution in [0.25, 0.3) is 0 Å². The number of nitrogens with one attached hydrogen (secondary N) is 2. The van der Waals surface area contributed by atoms with Gasteiger partial charge in [-0.15, -0.1) is 0 Å². The van der Waals surface area contributed by atoms with Gasteiger partial charge in [-0.3, -0.25) is 4.79 Å². The highest BCUT2D eigenvalue weighted by molar-refractivity contribution is 5.93. The average molecular weight is 304 g/mol. The summed E-state index contributed by atoms with van der Waals surface area (Å²) in [7, 11) is 1.61. The van der Waals surface area contributed by atoms with Crippen molar-refractivity contribution in [1.29, 1.82) is 0 Å². The van der Waals surface area contributed by atoms with Gasteiger partial charge >= 0.3 is 0 Å². The number of nitrogens with two attached hydrogens (primary N) is 1. The molecule has 6 nitrogen and oxygen atoms in total. The lowest BCUT2D eigenvalue weighted by atomic mass is 9.95. The summed E-state index contributed by atoms with van der Waals surface area (Å²) in [6, 6.07) is 7.62. The Balaban J connectivity index is 1.77. The van der Waals surface area contributed by atoms with Crippen LogP contribution in [0.1, 0.15) is 32.1 Å². The Labute approximate surface area is 131 Å². The topological polar surface area (TPSA) is 88.7 Å². The number of carbonyl (C=O) groups excluding carboxylic acids is 1. The number of amides is 1. The predicted molar refractivity (Wildman–Crippen MR) is 88.1 cm³/mol. The number of benzene rings is 1. The van der Waals surface area contributed by atoms with Crippen LogP contribution < -0.4 is 21.1 Å². The second-order valence-corrected chi connectivity index (χ2v) is 5.46. The highest BCUT2D eigenvalue weighted by Gasteiger charge is 2.15. The quantitative estimate of drug-likeness (QED) is 0.572. The molecule has 22 heavy (non-hydrogen) atoms. The second-order valence-electron chi connectivity index (χ2n) is 5.46. The summed E-state index contributed by atoms with van der Waals surface area (Å²) in [5.74, 6) is 0.920. The monoisotopic (exact) mass is 304 g/mol. The van der Waals surface area contributed by atoms with Crippen molar-refractivity contribution in [1.82, 2.24) is 5.32 Å². The van der Waals surface area contributed by atoms with E-state index in [9.17, 15) is 4.79 Å². The molecular weight excluding hydrogens is 280 g/mol. The van der Waals surface area contributed by atoms with Crippen LogP contribution in [0.3, 0.4) is 0 Å². The standard InChI is InChI=1S/C16H24N4O2/c1-22-14-9-7-13(8-10-14)20-16(17)18-11-15(21)19-12-5-3-2-4-6-12/h7-10,12H,2-6,11H2,1H3,(H,19,21)(H3,17,18,20). The molecule has 0 saturated heterocycles. The molecule has 0 bridgehead atoms. The van der Waals surface area contributed by atoms with Crippen molar-refractivity contribution in [2.24, 2.45) is 10.7 Å². The van der Waals surface area contributed by atoms with Crippen molar-refractivity contribution in [2.45, 2.75) is 38.1 Å². The fourth-order valence-electron chi connectivity index (χ4n) is 2.54. The maximum absolute atomic E-state index is 11.8. The van der Waals surface area contributed by atoms with E-state index in [2.05, 4.69) is 15.6 Å². The molecule has 0 unspecified atom stereocenters.